The largest absolute Gasteiger partial charge is 0.383 e. The summed E-state index contributed by atoms with van der Waals surface area (Å²) < 4.78 is 15.0. The van der Waals surface area contributed by atoms with Gasteiger partial charge in [0, 0.05) is 12.6 Å². The summed E-state index contributed by atoms with van der Waals surface area (Å²) in [6.07, 6.45) is 0. The van der Waals surface area contributed by atoms with E-state index in [4.69, 9.17) is 17.3 Å². The van der Waals surface area contributed by atoms with E-state index in [-0.39, 0.29) is 5.02 Å². The van der Waals surface area contributed by atoms with Gasteiger partial charge in [0.2, 0.25) is 0 Å². The fraction of sp³-hybridized carbons (Fsp3) is 0.182. The van der Waals surface area contributed by atoms with Crippen LogP contribution in [-0.2, 0) is 7.05 Å². The van der Waals surface area contributed by atoms with E-state index in [9.17, 15) is 4.39 Å². The van der Waals surface area contributed by atoms with Gasteiger partial charge in [-0.2, -0.15) is 0 Å². The minimum Gasteiger partial charge on any atom is -0.383 e. The molecule has 0 saturated heterocycles. The minimum absolute atomic E-state index is 0.0926. The van der Waals surface area contributed by atoms with Crippen molar-refractivity contribution in [2.45, 2.75) is 6.92 Å². The molecule has 0 unspecified atom stereocenters. The molecule has 0 aliphatic rings. The zero-order chi connectivity index (χ0) is 11.9. The Morgan fingerprint density at radius 1 is 1.44 bits per heavy atom. The van der Waals surface area contributed by atoms with E-state index in [1.54, 1.807) is 10.6 Å². The second-order valence-corrected chi connectivity index (χ2v) is 3.99. The van der Waals surface area contributed by atoms with Gasteiger partial charge >= 0.3 is 0 Å². The second-order valence-electron chi connectivity index (χ2n) is 3.58. The molecule has 3 nitrogen and oxygen atoms in total. The van der Waals surface area contributed by atoms with Gasteiger partial charge in [0.15, 0.2) is 0 Å². The van der Waals surface area contributed by atoms with Crippen LogP contribution in [0.5, 0.6) is 0 Å². The molecule has 2 aromatic rings. The molecule has 2 N–H and O–H groups in total. The standard InChI is InChI=1S/C11H11ClFN3/c1-6-15-10(11(14)16(6)2)7-3-4-8(12)9(13)5-7/h3-5H,14H2,1-2H3. The van der Waals surface area contributed by atoms with Crippen LogP contribution in [0.25, 0.3) is 11.3 Å². The summed E-state index contributed by atoms with van der Waals surface area (Å²) in [5, 5.41) is 0.0926. The van der Waals surface area contributed by atoms with Crippen LogP contribution >= 0.6 is 11.6 Å². The van der Waals surface area contributed by atoms with Crippen molar-refractivity contribution in [3.05, 3.63) is 34.9 Å². The van der Waals surface area contributed by atoms with Crippen molar-refractivity contribution >= 4 is 17.4 Å². The number of nitrogen functional groups attached to an aromatic ring is 1. The normalized spacial score (nSPS) is 10.8. The highest BCUT2D eigenvalue weighted by Gasteiger charge is 2.12. The highest BCUT2D eigenvalue weighted by molar-refractivity contribution is 6.30. The molecule has 0 fully saturated rings. The quantitative estimate of drug-likeness (QED) is 0.832. The summed E-state index contributed by atoms with van der Waals surface area (Å²) >= 11 is 5.61. The number of benzene rings is 1. The van der Waals surface area contributed by atoms with Crippen molar-refractivity contribution < 1.29 is 4.39 Å². The maximum absolute atomic E-state index is 13.3. The Morgan fingerprint density at radius 3 is 2.62 bits per heavy atom. The predicted octanol–water partition coefficient (Wildman–Crippen LogP) is 2.77. The Bertz CT molecular complexity index is 548. The summed E-state index contributed by atoms with van der Waals surface area (Å²) in [6, 6.07) is 4.53. The molecule has 16 heavy (non-hydrogen) atoms. The molecule has 0 radical (unpaired) electrons. The van der Waals surface area contributed by atoms with Crippen LogP contribution < -0.4 is 5.73 Å². The lowest BCUT2D eigenvalue weighted by atomic mass is 10.1. The van der Waals surface area contributed by atoms with E-state index in [2.05, 4.69) is 4.98 Å². The highest BCUT2D eigenvalue weighted by Crippen LogP contribution is 2.28. The van der Waals surface area contributed by atoms with E-state index in [0.717, 1.165) is 5.82 Å². The number of nitrogens with two attached hydrogens (primary N) is 1. The Morgan fingerprint density at radius 2 is 2.12 bits per heavy atom. The van der Waals surface area contributed by atoms with Crippen molar-refractivity contribution in [1.29, 1.82) is 0 Å². The van der Waals surface area contributed by atoms with Gasteiger partial charge in [-0.3, -0.25) is 0 Å². The Hall–Kier alpha value is -1.55. The van der Waals surface area contributed by atoms with Crippen LogP contribution in [0.3, 0.4) is 0 Å². The van der Waals surface area contributed by atoms with Crippen molar-refractivity contribution in [3.63, 3.8) is 0 Å². The molecule has 1 aromatic heterocycles. The van der Waals surface area contributed by atoms with E-state index in [0.29, 0.717) is 17.1 Å². The SMILES string of the molecule is Cc1nc(-c2ccc(Cl)c(F)c2)c(N)n1C. The molecular formula is C11H11ClFN3. The number of imidazole rings is 1. The number of halogens is 2. The van der Waals surface area contributed by atoms with Crippen LogP contribution in [0, 0.1) is 12.7 Å². The van der Waals surface area contributed by atoms with Crippen molar-refractivity contribution in [3.8, 4) is 11.3 Å². The monoisotopic (exact) mass is 239 g/mol. The second kappa shape index (κ2) is 3.79. The number of aromatic nitrogens is 2. The van der Waals surface area contributed by atoms with Gasteiger partial charge in [0.25, 0.3) is 0 Å². The molecular weight excluding hydrogens is 229 g/mol. The first-order valence-electron chi connectivity index (χ1n) is 4.75. The van der Waals surface area contributed by atoms with Gasteiger partial charge < -0.3 is 10.3 Å². The van der Waals surface area contributed by atoms with Gasteiger partial charge in [-0.05, 0) is 19.1 Å². The maximum atomic E-state index is 13.3. The fourth-order valence-corrected chi connectivity index (χ4v) is 1.60. The predicted molar refractivity (Wildman–Crippen MR) is 62.8 cm³/mol. The third-order valence-corrected chi connectivity index (χ3v) is 2.86. The molecule has 0 aliphatic carbocycles. The van der Waals surface area contributed by atoms with E-state index in [1.807, 2.05) is 14.0 Å². The lowest BCUT2D eigenvalue weighted by Gasteiger charge is -2.01. The minimum atomic E-state index is -0.470. The summed E-state index contributed by atoms with van der Waals surface area (Å²) in [4.78, 5) is 4.28. The number of aryl methyl sites for hydroxylation is 1. The third kappa shape index (κ3) is 1.65. The topological polar surface area (TPSA) is 43.8 Å². The van der Waals surface area contributed by atoms with Gasteiger partial charge in [-0.1, -0.05) is 17.7 Å². The summed E-state index contributed by atoms with van der Waals surface area (Å²) in [7, 11) is 1.81. The molecule has 1 heterocycles. The molecule has 2 rings (SSSR count). The number of hydrogen-bond donors (Lipinski definition) is 1. The molecule has 0 saturated carbocycles. The average Bonchev–Trinajstić information content (AvgIpc) is 2.50. The number of nitrogens with zero attached hydrogens (tertiary/aromatic N) is 2. The lowest BCUT2D eigenvalue weighted by molar-refractivity contribution is 0.628. The van der Waals surface area contributed by atoms with E-state index >= 15 is 0 Å². The summed E-state index contributed by atoms with van der Waals surface area (Å²) in [5.74, 6) is 0.823. The van der Waals surface area contributed by atoms with Gasteiger partial charge in [-0.15, -0.1) is 0 Å². The van der Waals surface area contributed by atoms with Crippen LogP contribution in [0.2, 0.25) is 5.02 Å². The van der Waals surface area contributed by atoms with E-state index in [1.165, 1.54) is 12.1 Å². The molecule has 0 atom stereocenters. The zero-order valence-corrected chi connectivity index (χ0v) is 9.72. The number of hydrogen-bond acceptors (Lipinski definition) is 2. The molecule has 0 aliphatic heterocycles. The summed E-state index contributed by atoms with van der Waals surface area (Å²) in [5.41, 5.74) is 7.08. The molecule has 1 aromatic carbocycles. The Balaban J connectivity index is 2.59. The Labute approximate surface area is 97.7 Å². The Kier molecular flexibility index (Phi) is 2.59. The zero-order valence-electron chi connectivity index (χ0n) is 8.96. The molecule has 0 amide bonds. The maximum Gasteiger partial charge on any atom is 0.142 e. The van der Waals surface area contributed by atoms with Gasteiger partial charge in [-0.25, -0.2) is 9.37 Å². The number of rotatable bonds is 1. The first-order chi connectivity index (χ1) is 7.50. The molecule has 0 spiro atoms. The van der Waals surface area contributed by atoms with Gasteiger partial charge in [0.1, 0.15) is 23.2 Å². The molecule has 0 bridgehead atoms. The van der Waals surface area contributed by atoms with E-state index < -0.39 is 5.82 Å². The smallest absolute Gasteiger partial charge is 0.142 e. The first kappa shape index (κ1) is 11.0. The van der Waals surface area contributed by atoms with Crippen LogP contribution in [0.4, 0.5) is 10.2 Å². The molecule has 84 valence electrons. The van der Waals surface area contributed by atoms with Crippen molar-refractivity contribution in [2.75, 3.05) is 5.73 Å². The van der Waals surface area contributed by atoms with Crippen LogP contribution in [-0.4, -0.2) is 9.55 Å². The highest BCUT2D eigenvalue weighted by atomic mass is 35.5. The molecule has 5 heteroatoms. The van der Waals surface area contributed by atoms with Crippen LogP contribution in [0.15, 0.2) is 18.2 Å². The third-order valence-electron chi connectivity index (χ3n) is 2.56. The first-order valence-corrected chi connectivity index (χ1v) is 5.12. The lowest BCUT2D eigenvalue weighted by Crippen LogP contribution is -1.98. The average molecular weight is 240 g/mol. The van der Waals surface area contributed by atoms with Crippen molar-refractivity contribution in [1.82, 2.24) is 9.55 Å². The van der Waals surface area contributed by atoms with Gasteiger partial charge in [0.05, 0.1) is 5.02 Å². The van der Waals surface area contributed by atoms with Crippen molar-refractivity contribution in [2.24, 2.45) is 7.05 Å². The fourth-order valence-electron chi connectivity index (χ4n) is 1.48. The summed E-state index contributed by atoms with van der Waals surface area (Å²) in [6.45, 7) is 1.84. The number of anilines is 1. The van der Waals surface area contributed by atoms with Crippen LogP contribution in [0.1, 0.15) is 5.82 Å².